The second-order valence-electron chi connectivity index (χ2n) is 6.20. The Hall–Kier alpha value is -2.53. The van der Waals surface area contributed by atoms with E-state index < -0.39 is 0 Å². The van der Waals surface area contributed by atoms with E-state index in [1.54, 1.807) is 17.0 Å². The number of hydrogen-bond donors (Lipinski definition) is 1. The van der Waals surface area contributed by atoms with Crippen molar-refractivity contribution in [3.05, 3.63) is 59.1 Å². The quantitative estimate of drug-likeness (QED) is 0.847. The van der Waals surface area contributed by atoms with Crippen molar-refractivity contribution >= 4 is 29.1 Å². The molecule has 3 rings (SSSR count). The minimum atomic E-state index is -0.187. The van der Waals surface area contributed by atoms with Crippen molar-refractivity contribution in [1.29, 1.82) is 0 Å². The van der Waals surface area contributed by atoms with Crippen molar-refractivity contribution in [3.8, 4) is 5.75 Å². The first-order chi connectivity index (χ1) is 12.5. The van der Waals surface area contributed by atoms with E-state index in [1.165, 1.54) is 0 Å². The zero-order valence-electron chi connectivity index (χ0n) is 14.6. The van der Waals surface area contributed by atoms with E-state index >= 15 is 0 Å². The number of benzene rings is 2. The fourth-order valence-corrected chi connectivity index (χ4v) is 3.14. The lowest BCUT2D eigenvalue weighted by Crippen LogP contribution is -2.38. The molecule has 136 valence electrons. The number of carbonyl (C=O) groups excluding carboxylic acids is 2. The standard InChI is InChI=1S/C20H21ClN2O3/c1-2-26-18-9-3-14(4-10-18)11-19(24)22-16-12-20(25)23(13-16)17-7-5-15(21)6-8-17/h3-10,16H,2,11-13H2,1H3,(H,22,24)/t16-/m0/s1. The van der Waals surface area contributed by atoms with Crippen LogP contribution in [0.3, 0.4) is 0 Å². The van der Waals surface area contributed by atoms with Crippen LogP contribution in [0.5, 0.6) is 5.75 Å². The van der Waals surface area contributed by atoms with E-state index in [9.17, 15) is 9.59 Å². The van der Waals surface area contributed by atoms with Crippen LogP contribution in [0.1, 0.15) is 18.9 Å². The number of anilines is 1. The molecule has 1 N–H and O–H groups in total. The summed E-state index contributed by atoms with van der Waals surface area (Å²) in [5.74, 6) is 0.695. The molecule has 2 amide bonds. The number of carbonyl (C=O) groups is 2. The lowest BCUT2D eigenvalue weighted by atomic mass is 10.1. The maximum absolute atomic E-state index is 12.3. The molecule has 1 saturated heterocycles. The van der Waals surface area contributed by atoms with Gasteiger partial charge in [0.15, 0.2) is 0 Å². The Labute approximate surface area is 157 Å². The first-order valence-corrected chi connectivity index (χ1v) is 9.00. The van der Waals surface area contributed by atoms with Crippen LogP contribution in [0.4, 0.5) is 5.69 Å². The molecule has 0 aliphatic carbocycles. The largest absolute Gasteiger partial charge is 0.494 e. The molecule has 0 unspecified atom stereocenters. The average molecular weight is 373 g/mol. The summed E-state index contributed by atoms with van der Waals surface area (Å²) in [5.41, 5.74) is 1.70. The molecule has 1 heterocycles. The Bertz CT molecular complexity index is 775. The van der Waals surface area contributed by atoms with Crippen LogP contribution in [-0.2, 0) is 16.0 Å². The van der Waals surface area contributed by atoms with Gasteiger partial charge in [-0.1, -0.05) is 23.7 Å². The van der Waals surface area contributed by atoms with Gasteiger partial charge in [0.05, 0.1) is 19.1 Å². The first-order valence-electron chi connectivity index (χ1n) is 8.62. The second kappa shape index (κ2) is 8.23. The van der Waals surface area contributed by atoms with Crippen molar-refractivity contribution in [2.75, 3.05) is 18.1 Å². The number of amides is 2. The van der Waals surface area contributed by atoms with Crippen LogP contribution >= 0.6 is 11.6 Å². The van der Waals surface area contributed by atoms with Gasteiger partial charge in [0.2, 0.25) is 11.8 Å². The van der Waals surface area contributed by atoms with Gasteiger partial charge in [-0.3, -0.25) is 9.59 Å². The summed E-state index contributed by atoms with van der Waals surface area (Å²) in [4.78, 5) is 26.2. The Balaban J connectivity index is 1.55. The lowest BCUT2D eigenvalue weighted by Gasteiger charge is -2.17. The van der Waals surface area contributed by atoms with Crippen LogP contribution in [-0.4, -0.2) is 31.0 Å². The molecule has 0 spiro atoms. The van der Waals surface area contributed by atoms with Gasteiger partial charge in [-0.25, -0.2) is 0 Å². The van der Waals surface area contributed by atoms with E-state index in [4.69, 9.17) is 16.3 Å². The molecular formula is C20H21ClN2O3. The summed E-state index contributed by atoms with van der Waals surface area (Å²) < 4.78 is 5.39. The van der Waals surface area contributed by atoms with Gasteiger partial charge < -0.3 is 15.0 Å². The summed E-state index contributed by atoms with van der Waals surface area (Å²) in [7, 11) is 0. The van der Waals surface area contributed by atoms with Crippen molar-refractivity contribution in [3.63, 3.8) is 0 Å². The van der Waals surface area contributed by atoms with Crippen molar-refractivity contribution in [2.45, 2.75) is 25.8 Å². The van der Waals surface area contributed by atoms with Crippen LogP contribution in [0.15, 0.2) is 48.5 Å². The molecule has 1 fully saturated rings. The number of halogens is 1. The second-order valence-corrected chi connectivity index (χ2v) is 6.64. The molecule has 0 saturated carbocycles. The smallest absolute Gasteiger partial charge is 0.229 e. The van der Waals surface area contributed by atoms with E-state index in [-0.39, 0.29) is 24.3 Å². The van der Waals surface area contributed by atoms with Gasteiger partial charge in [-0.05, 0) is 48.9 Å². The molecule has 1 atom stereocenters. The van der Waals surface area contributed by atoms with Gasteiger partial charge in [0.25, 0.3) is 0 Å². The van der Waals surface area contributed by atoms with Crippen molar-refractivity contribution < 1.29 is 14.3 Å². The molecule has 1 aliphatic rings. The molecule has 2 aromatic carbocycles. The Morgan fingerprint density at radius 3 is 2.54 bits per heavy atom. The van der Waals surface area contributed by atoms with Gasteiger partial charge in [-0.2, -0.15) is 0 Å². The van der Waals surface area contributed by atoms with E-state index in [0.29, 0.717) is 24.6 Å². The number of rotatable bonds is 6. The maximum atomic E-state index is 12.3. The highest BCUT2D eigenvalue weighted by Gasteiger charge is 2.31. The molecule has 0 bridgehead atoms. The van der Waals surface area contributed by atoms with Gasteiger partial charge in [0, 0.05) is 23.7 Å². The zero-order chi connectivity index (χ0) is 18.5. The lowest BCUT2D eigenvalue weighted by molar-refractivity contribution is -0.121. The highest BCUT2D eigenvalue weighted by molar-refractivity contribution is 6.30. The fourth-order valence-electron chi connectivity index (χ4n) is 3.01. The van der Waals surface area contributed by atoms with Crippen LogP contribution in [0.25, 0.3) is 0 Å². The molecule has 6 heteroatoms. The first kappa shape index (κ1) is 18.3. The third-order valence-corrected chi connectivity index (χ3v) is 4.48. The number of ether oxygens (including phenoxy) is 1. The molecule has 5 nitrogen and oxygen atoms in total. The van der Waals surface area contributed by atoms with Crippen LogP contribution in [0.2, 0.25) is 5.02 Å². The normalized spacial score (nSPS) is 16.6. The Morgan fingerprint density at radius 1 is 1.19 bits per heavy atom. The monoisotopic (exact) mass is 372 g/mol. The molecular weight excluding hydrogens is 352 g/mol. The highest BCUT2D eigenvalue weighted by atomic mass is 35.5. The number of nitrogens with zero attached hydrogens (tertiary/aromatic N) is 1. The summed E-state index contributed by atoms with van der Waals surface area (Å²) in [6.07, 6.45) is 0.579. The molecule has 26 heavy (non-hydrogen) atoms. The molecule has 0 radical (unpaired) electrons. The Morgan fingerprint density at radius 2 is 1.88 bits per heavy atom. The van der Waals surface area contributed by atoms with Crippen molar-refractivity contribution in [1.82, 2.24) is 5.32 Å². The highest BCUT2D eigenvalue weighted by Crippen LogP contribution is 2.23. The summed E-state index contributed by atoms with van der Waals surface area (Å²) in [6.45, 7) is 3.01. The van der Waals surface area contributed by atoms with Gasteiger partial charge in [-0.15, -0.1) is 0 Å². The zero-order valence-corrected chi connectivity index (χ0v) is 15.3. The van der Waals surface area contributed by atoms with Crippen LogP contribution in [0, 0.1) is 0 Å². The minimum Gasteiger partial charge on any atom is -0.494 e. The van der Waals surface area contributed by atoms with E-state index in [2.05, 4.69) is 5.32 Å². The molecule has 1 aliphatic heterocycles. The van der Waals surface area contributed by atoms with Crippen molar-refractivity contribution in [2.24, 2.45) is 0 Å². The third kappa shape index (κ3) is 4.55. The van der Waals surface area contributed by atoms with Crippen LogP contribution < -0.4 is 15.0 Å². The van der Waals surface area contributed by atoms with E-state index in [1.807, 2.05) is 43.3 Å². The SMILES string of the molecule is CCOc1ccc(CC(=O)N[C@H]2CC(=O)N(c3ccc(Cl)cc3)C2)cc1. The number of nitrogens with one attached hydrogen (secondary N) is 1. The fraction of sp³-hybridized carbons (Fsp3) is 0.300. The predicted molar refractivity (Wildman–Crippen MR) is 102 cm³/mol. The third-order valence-electron chi connectivity index (χ3n) is 4.23. The number of hydrogen-bond acceptors (Lipinski definition) is 3. The van der Waals surface area contributed by atoms with Gasteiger partial charge in [0.1, 0.15) is 5.75 Å². The Kier molecular flexibility index (Phi) is 5.78. The van der Waals surface area contributed by atoms with E-state index in [0.717, 1.165) is 17.0 Å². The predicted octanol–water partition coefficient (Wildman–Crippen LogP) is 3.20. The molecule has 2 aromatic rings. The minimum absolute atomic E-state index is 0.00121. The summed E-state index contributed by atoms with van der Waals surface area (Å²) in [5, 5.41) is 3.58. The molecule has 0 aromatic heterocycles. The van der Waals surface area contributed by atoms with Gasteiger partial charge >= 0.3 is 0 Å². The maximum Gasteiger partial charge on any atom is 0.229 e. The summed E-state index contributed by atoms with van der Waals surface area (Å²) in [6, 6.07) is 14.4. The topological polar surface area (TPSA) is 58.6 Å². The summed E-state index contributed by atoms with van der Waals surface area (Å²) >= 11 is 5.89. The average Bonchev–Trinajstić information content (AvgIpc) is 2.97.